The van der Waals surface area contributed by atoms with Crippen molar-refractivity contribution in [2.24, 2.45) is 0 Å². The summed E-state index contributed by atoms with van der Waals surface area (Å²) in [5, 5.41) is 0. The number of hydrogen-bond acceptors (Lipinski definition) is 1. The van der Waals surface area contributed by atoms with E-state index < -0.39 is 22.7 Å². The Morgan fingerprint density at radius 2 is 1.94 bits per heavy atom. The van der Waals surface area contributed by atoms with Crippen LogP contribution in [0.1, 0.15) is 24.0 Å². The van der Waals surface area contributed by atoms with Crippen LogP contribution in [-0.2, 0) is 16.5 Å². The predicted octanol–water partition coefficient (Wildman–Crippen LogP) is 3.17. The van der Waals surface area contributed by atoms with E-state index in [2.05, 4.69) is 0 Å². The molecule has 2 rings (SSSR count). The molecule has 6 heteroatoms. The molecule has 1 atom stereocenters. The zero-order valence-electron chi connectivity index (χ0n) is 9.04. The first kappa shape index (κ1) is 12.6. The van der Waals surface area contributed by atoms with Crippen molar-refractivity contribution >= 4 is 11.1 Å². The Bertz CT molecular complexity index is 478. The fraction of sp³-hybridized carbons (Fsp3) is 0.455. The van der Waals surface area contributed by atoms with Crippen LogP contribution in [-0.4, -0.2) is 14.9 Å². The number of rotatable bonds is 2. The van der Waals surface area contributed by atoms with Gasteiger partial charge >= 0.3 is 6.18 Å². The summed E-state index contributed by atoms with van der Waals surface area (Å²) < 4.78 is 59.3. The third-order valence-electron chi connectivity index (χ3n) is 3.19. The van der Waals surface area contributed by atoms with Gasteiger partial charge in [0.05, 0.1) is 10.3 Å². The van der Waals surface area contributed by atoms with E-state index in [9.17, 15) is 17.4 Å². The summed E-state index contributed by atoms with van der Waals surface area (Å²) in [6.07, 6.45) is -4.39. The number of hydrogen-bond donors (Lipinski definition) is 1. The average Bonchev–Trinajstić information content (AvgIpc) is 2.95. The summed E-state index contributed by atoms with van der Waals surface area (Å²) >= 11 is -2.39. The molecule has 94 valence electrons. The van der Waals surface area contributed by atoms with Gasteiger partial charge in [-0.3, -0.25) is 0 Å². The van der Waals surface area contributed by atoms with Gasteiger partial charge in [0.2, 0.25) is 0 Å². The Morgan fingerprint density at radius 1 is 1.35 bits per heavy atom. The Balaban J connectivity index is 2.62. The van der Waals surface area contributed by atoms with Gasteiger partial charge in [-0.2, -0.15) is 13.2 Å². The number of benzene rings is 1. The second-order valence-electron chi connectivity index (χ2n) is 4.28. The van der Waals surface area contributed by atoms with Crippen LogP contribution in [0.2, 0.25) is 0 Å². The van der Waals surface area contributed by atoms with Gasteiger partial charge in [0.15, 0.2) is 11.1 Å². The highest BCUT2D eigenvalue weighted by atomic mass is 32.2. The summed E-state index contributed by atoms with van der Waals surface area (Å²) in [5.74, 6) is 0. The lowest BCUT2D eigenvalue weighted by Gasteiger charge is -2.22. The Labute approximate surface area is 99.1 Å². The van der Waals surface area contributed by atoms with Crippen molar-refractivity contribution in [3.05, 3.63) is 29.3 Å². The Kier molecular flexibility index (Phi) is 2.82. The maximum atomic E-state index is 13.0. The fourth-order valence-corrected chi connectivity index (χ4v) is 2.89. The van der Waals surface area contributed by atoms with Crippen LogP contribution in [0.15, 0.2) is 23.1 Å². The molecular formula is C11H11F3O2S. The van der Waals surface area contributed by atoms with Gasteiger partial charge in [0.25, 0.3) is 0 Å². The first-order valence-electron chi connectivity index (χ1n) is 5.07. The molecule has 0 heterocycles. The second-order valence-corrected chi connectivity index (χ2v) is 5.19. The lowest BCUT2D eigenvalue weighted by molar-refractivity contribution is -0.161. The molecule has 0 aromatic heterocycles. The van der Waals surface area contributed by atoms with Crippen molar-refractivity contribution in [3.8, 4) is 0 Å². The molecule has 1 aliphatic rings. The fourth-order valence-electron chi connectivity index (χ4n) is 2.09. The molecule has 1 N–H and O–H groups in total. The molecular weight excluding hydrogens is 253 g/mol. The minimum absolute atomic E-state index is 0.00977. The van der Waals surface area contributed by atoms with Crippen LogP contribution in [0.25, 0.3) is 0 Å². The smallest absolute Gasteiger partial charge is 0.302 e. The Hall–Kier alpha value is -0.880. The summed E-state index contributed by atoms with van der Waals surface area (Å²) in [4.78, 5) is -0.0951. The van der Waals surface area contributed by atoms with Crippen molar-refractivity contribution in [1.82, 2.24) is 0 Å². The van der Waals surface area contributed by atoms with Crippen molar-refractivity contribution in [2.75, 3.05) is 0 Å². The minimum Gasteiger partial charge on any atom is -0.302 e. The second kappa shape index (κ2) is 3.81. The summed E-state index contributed by atoms with van der Waals surface area (Å²) in [6, 6.07) is 4.34. The van der Waals surface area contributed by atoms with Gasteiger partial charge in [0, 0.05) is 0 Å². The molecule has 0 saturated heterocycles. The molecule has 1 aliphatic carbocycles. The van der Waals surface area contributed by atoms with Crippen LogP contribution in [0.5, 0.6) is 0 Å². The molecule has 1 saturated carbocycles. The van der Waals surface area contributed by atoms with Crippen LogP contribution < -0.4 is 0 Å². The maximum Gasteiger partial charge on any atom is 0.398 e. The zero-order valence-corrected chi connectivity index (χ0v) is 9.86. The van der Waals surface area contributed by atoms with E-state index in [-0.39, 0.29) is 23.3 Å². The standard InChI is InChI=1S/C11H11F3O2S/c1-7-3-2-4-8(9(7)17(15)16)10(5-6-10)11(12,13)14/h2-4H,5-6H2,1H3,(H,15,16). The summed E-state index contributed by atoms with van der Waals surface area (Å²) in [5.41, 5.74) is -1.54. The van der Waals surface area contributed by atoms with E-state index in [0.29, 0.717) is 5.56 Å². The zero-order chi connectivity index (χ0) is 12.8. The third kappa shape index (κ3) is 1.89. The molecule has 1 fully saturated rings. The first-order chi connectivity index (χ1) is 7.79. The normalized spacial score (nSPS) is 20.1. The van der Waals surface area contributed by atoms with E-state index >= 15 is 0 Å². The Morgan fingerprint density at radius 3 is 2.35 bits per heavy atom. The lowest BCUT2D eigenvalue weighted by atomic mass is 9.94. The molecule has 0 bridgehead atoms. The van der Waals surface area contributed by atoms with Gasteiger partial charge in [-0.25, -0.2) is 4.21 Å². The molecule has 17 heavy (non-hydrogen) atoms. The van der Waals surface area contributed by atoms with Crippen molar-refractivity contribution in [3.63, 3.8) is 0 Å². The maximum absolute atomic E-state index is 13.0. The van der Waals surface area contributed by atoms with Gasteiger partial charge < -0.3 is 4.55 Å². The SMILES string of the molecule is Cc1cccc(C2(C(F)(F)F)CC2)c1S(=O)O. The van der Waals surface area contributed by atoms with E-state index in [1.807, 2.05) is 0 Å². The number of alkyl halides is 3. The largest absolute Gasteiger partial charge is 0.398 e. The molecule has 0 radical (unpaired) electrons. The summed E-state index contributed by atoms with van der Waals surface area (Å²) in [7, 11) is 0. The van der Waals surface area contributed by atoms with Crippen molar-refractivity contribution in [1.29, 1.82) is 0 Å². The van der Waals surface area contributed by atoms with Crippen molar-refractivity contribution in [2.45, 2.75) is 36.3 Å². The van der Waals surface area contributed by atoms with Crippen LogP contribution in [0.3, 0.4) is 0 Å². The highest BCUT2D eigenvalue weighted by molar-refractivity contribution is 7.79. The topological polar surface area (TPSA) is 37.3 Å². The van der Waals surface area contributed by atoms with E-state index in [1.165, 1.54) is 12.1 Å². The molecule has 0 amide bonds. The summed E-state index contributed by atoms with van der Waals surface area (Å²) in [6.45, 7) is 1.54. The van der Waals surface area contributed by atoms with Crippen LogP contribution >= 0.6 is 0 Å². The molecule has 0 aliphatic heterocycles. The first-order valence-corrected chi connectivity index (χ1v) is 6.18. The molecule has 2 nitrogen and oxygen atoms in total. The van der Waals surface area contributed by atoms with Crippen molar-refractivity contribution < 1.29 is 21.9 Å². The monoisotopic (exact) mass is 264 g/mol. The van der Waals surface area contributed by atoms with Gasteiger partial charge in [-0.05, 0) is 30.9 Å². The highest BCUT2D eigenvalue weighted by Gasteiger charge is 2.65. The average molecular weight is 264 g/mol. The predicted molar refractivity (Wildman–Crippen MR) is 57.2 cm³/mol. The van der Waals surface area contributed by atoms with E-state index in [1.54, 1.807) is 13.0 Å². The number of halogens is 3. The van der Waals surface area contributed by atoms with E-state index in [4.69, 9.17) is 4.55 Å². The van der Waals surface area contributed by atoms with Gasteiger partial charge in [0.1, 0.15) is 0 Å². The highest BCUT2D eigenvalue weighted by Crippen LogP contribution is 2.60. The lowest BCUT2D eigenvalue weighted by Crippen LogP contribution is -2.30. The number of aryl methyl sites for hydroxylation is 1. The quantitative estimate of drug-likeness (QED) is 0.833. The third-order valence-corrected chi connectivity index (χ3v) is 4.09. The van der Waals surface area contributed by atoms with Crippen LogP contribution in [0.4, 0.5) is 13.2 Å². The van der Waals surface area contributed by atoms with Crippen LogP contribution in [0, 0.1) is 6.92 Å². The van der Waals surface area contributed by atoms with Gasteiger partial charge in [-0.15, -0.1) is 0 Å². The molecule has 0 spiro atoms. The van der Waals surface area contributed by atoms with Gasteiger partial charge in [-0.1, -0.05) is 18.2 Å². The molecule has 1 aromatic carbocycles. The minimum atomic E-state index is -4.37. The van der Waals surface area contributed by atoms with E-state index in [0.717, 1.165) is 0 Å². The molecule has 1 unspecified atom stereocenters. The molecule has 1 aromatic rings.